The second-order valence-electron chi connectivity index (χ2n) is 7.80. The van der Waals surface area contributed by atoms with E-state index < -0.39 is 0 Å². The van der Waals surface area contributed by atoms with Crippen molar-refractivity contribution in [2.24, 2.45) is 0 Å². The Balaban J connectivity index is 1.39. The molecule has 152 valence electrons. The molecule has 3 aromatic heterocycles. The lowest BCUT2D eigenvalue weighted by molar-refractivity contribution is 0.640. The molecule has 0 atom stereocenters. The van der Waals surface area contributed by atoms with Crippen LogP contribution in [0.1, 0.15) is 17.2 Å². The standard InChI is InChI=1S/C23H25N7/c1-16-14-17(2)30(27-16)22-15-21(25-18(3)26-22)28-10-12-29(13-11-28)23-20-7-5-4-6-19(20)8-9-24-23/h4-9,14-15H,10-13H2,1-3H3. The quantitative estimate of drug-likeness (QED) is 0.526. The molecule has 4 aromatic rings. The molecule has 0 aliphatic carbocycles. The lowest BCUT2D eigenvalue weighted by Crippen LogP contribution is -2.47. The van der Waals surface area contributed by atoms with Crippen LogP contribution in [0.4, 0.5) is 11.6 Å². The molecule has 0 unspecified atom stereocenters. The van der Waals surface area contributed by atoms with Crippen molar-refractivity contribution in [1.29, 1.82) is 0 Å². The van der Waals surface area contributed by atoms with Gasteiger partial charge in [0, 0.05) is 49.5 Å². The smallest absolute Gasteiger partial charge is 0.159 e. The van der Waals surface area contributed by atoms with Crippen molar-refractivity contribution in [3.8, 4) is 5.82 Å². The van der Waals surface area contributed by atoms with Gasteiger partial charge in [0.2, 0.25) is 0 Å². The molecule has 4 heterocycles. The molecule has 0 N–H and O–H groups in total. The van der Waals surface area contributed by atoms with Crippen LogP contribution in [-0.4, -0.2) is 50.9 Å². The Morgan fingerprint density at radius 3 is 2.30 bits per heavy atom. The second kappa shape index (κ2) is 7.40. The minimum atomic E-state index is 0.758. The fourth-order valence-corrected chi connectivity index (χ4v) is 4.17. The Labute approximate surface area is 176 Å². The van der Waals surface area contributed by atoms with E-state index in [-0.39, 0.29) is 0 Å². The van der Waals surface area contributed by atoms with E-state index >= 15 is 0 Å². The van der Waals surface area contributed by atoms with Crippen molar-refractivity contribution in [3.63, 3.8) is 0 Å². The Hall–Kier alpha value is -3.48. The van der Waals surface area contributed by atoms with E-state index in [0.717, 1.165) is 60.8 Å². The number of hydrogen-bond donors (Lipinski definition) is 0. The van der Waals surface area contributed by atoms with Gasteiger partial charge < -0.3 is 9.80 Å². The van der Waals surface area contributed by atoms with E-state index in [2.05, 4.69) is 61.3 Å². The van der Waals surface area contributed by atoms with Crippen LogP contribution >= 0.6 is 0 Å². The number of aryl methyl sites for hydroxylation is 3. The monoisotopic (exact) mass is 399 g/mol. The third-order valence-corrected chi connectivity index (χ3v) is 5.59. The molecule has 1 saturated heterocycles. The molecular weight excluding hydrogens is 374 g/mol. The first-order valence-electron chi connectivity index (χ1n) is 10.3. The molecular formula is C23H25N7. The third kappa shape index (κ3) is 3.36. The van der Waals surface area contributed by atoms with Gasteiger partial charge in [-0.1, -0.05) is 24.3 Å². The normalized spacial score (nSPS) is 14.5. The summed E-state index contributed by atoms with van der Waals surface area (Å²) in [5.74, 6) is 3.60. The highest BCUT2D eigenvalue weighted by Gasteiger charge is 2.21. The fraction of sp³-hybridized carbons (Fsp3) is 0.304. The SMILES string of the molecule is Cc1cc(C)n(-c2cc(N3CCN(c4nccc5ccccc45)CC3)nc(C)n2)n1. The first-order chi connectivity index (χ1) is 14.6. The zero-order valence-corrected chi connectivity index (χ0v) is 17.6. The predicted molar refractivity (Wildman–Crippen MR) is 120 cm³/mol. The van der Waals surface area contributed by atoms with Crippen LogP contribution in [0.25, 0.3) is 16.6 Å². The van der Waals surface area contributed by atoms with Crippen molar-refractivity contribution < 1.29 is 0 Å². The van der Waals surface area contributed by atoms with Crippen LogP contribution in [0.5, 0.6) is 0 Å². The van der Waals surface area contributed by atoms with Gasteiger partial charge in [-0.3, -0.25) is 0 Å². The highest BCUT2D eigenvalue weighted by Crippen LogP contribution is 2.26. The molecule has 1 aliphatic rings. The van der Waals surface area contributed by atoms with Gasteiger partial charge in [-0.2, -0.15) is 5.10 Å². The van der Waals surface area contributed by atoms with E-state index in [0.29, 0.717) is 0 Å². The first kappa shape index (κ1) is 18.5. The van der Waals surface area contributed by atoms with Crippen molar-refractivity contribution >= 4 is 22.4 Å². The van der Waals surface area contributed by atoms with Crippen LogP contribution < -0.4 is 9.80 Å². The van der Waals surface area contributed by atoms with Gasteiger partial charge in [0.15, 0.2) is 5.82 Å². The van der Waals surface area contributed by atoms with Gasteiger partial charge in [-0.25, -0.2) is 19.6 Å². The summed E-state index contributed by atoms with van der Waals surface area (Å²) in [6, 6.07) is 14.6. The van der Waals surface area contributed by atoms with Crippen molar-refractivity contribution in [2.45, 2.75) is 20.8 Å². The average Bonchev–Trinajstić information content (AvgIpc) is 3.11. The van der Waals surface area contributed by atoms with Crippen LogP contribution in [0.3, 0.4) is 0 Å². The lowest BCUT2D eigenvalue weighted by atomic mass is 10.1. The summed E-state index contributed by atoms with van der Waals surface area (Å²) < 4.78 is 1.89. The predicted octanol–water partition coefficient (Wildman–Crippen LogP) is 3.46. The van der Waals surface area contributed by atoms with E-state index in [4.69, 9.17) is 4.98 Å². The number of rotatable bonds is 3. The third-order valence-electron chi connectivity index (χ3n) is 5.59. The summed E-state index contributed by atoms with van der Waals surface area (Å²) in [5.41, 5.74) is 2.06. The molecule has 7 nitrogen and oxygen atoms in total. The minimum Gasteiger partial charge on any atom is -0.353 e. The molecule has 0 bridgehead atoms. The summed E-state index contributed by atoms with van der Waals surface area (Å²) in [7, 11) is 0. The Bertz CT molecular complexity index is 1200. The van der Waals surface area contributed by atoms with Crippen LogP contribution in [0, 0.1) is 20.8 Å². The average molecular weight is 400 g/mol. The molecule has 0 amide bonds. The topological polar surface area (TPSA) is 63.0 Å². The molecule has 1 fully saturated rings. The number of benzene rings is 1. The van der Waals surface area contributed by atoms with Gasteiger partial charge >= 0.3 is 0 Å². The summed E-state index contributed by atoms with van der Waals surface area (Å²) >= 11 is 0. The van der Waals surface area contributed by atoms with Gasteiger partial charge in [0.25, 0.3) is 0 Å². The minimum absolute atomic E-state index is 0.758. The van der Waals surface area contributed by atoms with Crippen LogP contribution in [0.2, 0.25) is 0 Å². The number of fused-ring (bicyclic) bond motifs is 1. The zero-order chi connectivity index (χ0) is 20.7. The second-order valence-corrected chi connectivity index (χ2v) is 7.80. The number of aromatic nitrogens is 5. The van der Waals surface area contributed by atoms with Gasteiger partial charge in [0.1, 0.15) is 17.5 Å². The Morgan fingerprint density at radius 1 is 0.800 bits per heavy atom. The van der Waals surface area contributed by atoms with Crippen LogP contribution in [-0.2, 0) is 0 Å². The maximum atomic E-state index is 4.71. The molecule has 5 rings (SSSR count). The molecule has 0 saturated carbocycles. The van der Waals surface area contributed by atoms with Crippen LogP contribution in [0.15, 0.2) is 48.7 Å². The van der Waals surface area contributed by atoms with Gasteiger partial charge in [0.05, 0.1) is 5.69 Å². The fourth-order valence-electron chi connectivity index (χ4n) is 4.17. The summed E-state index contributed by atoms with van der Waals surface area (Å²) in [6.45, 7) is 9.56. The molecule has 0 spiro atoms. The van der Waals surface area contributed by atoms with Gasteiger partial charge in [-0.15, -0.1) is 0 Å². The summed E-state index contributed by atoms with van der Waals surface area (Å²) in [6.07, 6.45) is 1.90. The van der Waals surface area contributed by atoms with Crippen molar-refractivity contribution in [3.05, 3.63) is 65.9 Å². The van der Waals surface area contributed by atoms with Crippen molar-refractivity contribution in [1.82, 2.24) is 24.7 Å². The molecule has 0 radical (unpaired) electrons. The van der Waals surface area contributed by atoms with E-state index in [9.17, 15) is 0 Å². The highest BCUT2D eigenvalue weighted by molar-refractivity contribution is 5.92. The molecule has 30 heavy (non-hydrogen) atoms. The highest BCUT2D eigenvalue weighted by atomic mass is 15.3. The Morgan fingerprint density at radius 2 is 1.53 bits per heavy atom. The molecule has 1 aliphatic heterocycles. The number of piperazine rings is 1. The maximum absolute atomic E-state index is 4.71. The number of anilines is 2. The number of pyridine rings is 1. The van der Waals surface area contributed by atoms with E-state index in [1.165, 1.54) is 10.8 Å². The summed E-state index contributed by atoms with van der Waals surface area (Å²) in [5, 5.41) is 7.01. The summed E-state index contributed by atoms with van der Waals surface area (Å²) in [4.78, 5) is 18.7. The lowest BCUT2D eigenvalue weighted by Gasteiger charge is -2.36. The number of nitrogens with zero attached hydrogens (tertiary/aromatic N) is 7. The molecule has 7 heteroatoms. The first-order valence-corrected chi connectivity index (χ1v) is 10.3. The van der Waals surface area contributed by atoms with Crippen molar-refractivity contribution in [2.75, 3.05) is 36.0 Å². The Kier molecular flexibility index (Phi) is 4.58. The van der Waals surface area contributed by atoms with Gasteiger partial charge in [-0.05, 0) is 38.3 Å². The van der Waals surface area contributed by atoms with E-state index in [1.807, 2.05) is 37.7 Å². The van der Waals surface area contributed by atoms with E-state index in [1.54, 1.807) is 0 Å². The number of hydrogen-bond acceptors (Lipinski definition) is 6. The zero-order valence-electron chi connectivity index (χ0n) is 17.6. The largest absolute Gasteiger partial charge is 0.353 e. The maximum Gasteiger partial charge on any atom is 0.159 e. The molecule has 1 aromatic carbocycles.